The third kappa shape index (κ3) is 7.31. The molecule has 4 aromatic rings. The zero-order valence-electron chi connectivity index (χ0n) is 17.7. The molecule has 0 aliphatic carbocycles. The summed E-state index contributed by atoms with van der Waals surface area (Å²) in [5.74, 6) is 0.263. The van der Waals surface area contributed by atoms with Gasteiger partial charge in [0.1, 0.15) is 0 Å². The molecule has 0 spiro atoms. The minimum Gasteiger partial charge on any atom is -1.00 e. The summed E-state index contributed by atoms with van der Waals surface area (Å²) in [5, 5.41) is 0. The Morgan fingerprint density at radius 1 is 0.645 bits per heavy atom. The largest absolute Gasteiger partial charge is 4.00 e. The molecule has 0 saturated carbocycles. The third-order valence-corrected chi connectivity index (χ3v) is 5.24. The van der Waals surface area contributed by atoms with Gasteiger partial charge in [-0.1, -0.05) is 90.0 Å². The van der Waals surface area contributed by atoms with Gasteiger partial charge < -0.3 is 37.2 Å². The summed E-state index contributed by atoms with van der Waals surface area (Å²) < 4.78 is 0. The van der Waals surface area contributed by atoms with Crippen LogP contribution in [0.2, 0.25) is 0 Å². The Bertz CT molecular complexity index is 996. The van der Waals surface area contributed by atoms with E-state index < -0.39 is 0 Å². The third-order valence-electron chi connectivity index (χ3n) is 5.24. The molecule has 0 nitrogen and oxygen atoms in total. The van der Waals surface area contributed by atoms with Crippen molar-refractivity contribution in [1.29, 1.82) is 0 Å². The summed E-state index contributed by atoms with van der Waals surface area (Å²) in [7, 11) is 0. The van der Waals surface area contributed by atoms with Crippen molar-refractivity contribution in [2.24, 2.45) is 0 Å². The van der Waals surface area contributed by atoms with Crippen LogP contribution in [0.25, 0.3) is 0 Å². The Kier molecular flexibility index (Phi) is 13.3. The van der Waals surface area contributed by atoms with E-state index in [1.807, 2.05) is 0 Å². The van der Waals surface area contributed by atoms with E-state index in [1.54, 1.807) is 0 Å². The molecule has 31 heavy (non-hydrogen) atoms. The van der Waals surface area contributed by atoms with E-state index in [0.29, 0.717) is 0 Å². The molecule has 0 aromatic heterocycles. The quantitative estimate of drug-likeness (QED) is 0.214. The molecule has 0 amide bonds. The van der Waals surface area contributed by atoms with Gasteiger partial charge in [0, 0.05) is 0 Å². The fourth-order valence-corrected chi connectivity index (χ4v) is 3.98. The van der Waals surface area contributed by atoms with Gasteiger partial charge in [-0.3, -0.25) is 0 Å². The van der Waals surface area contributed by atoms with E-state index in [-0.39, 0.29) is 64.9 Å². The average molecular weight is 504 g/mol. The molecular formula is C27H25Cl3Ti. The number of halogens is 3. The Labute approximate surface area is 220 Å². The maximum atomic E-state index is 2.33. The van der Waals surface area contributed by atoms with E-state index in [9.17, 15) is 0 Å². The van der Waals surface area contributed by atoms with Crippen molar-refractivity contribution >= 4 is 0 Å². The van der Waals surface area contributed by atoms with Crippen LogP contribution in [0.3, 0.4) is 0 Å². The molecule has 4 rings (SSSR count). The molecule has 0 aliphatic heterocycles. The van der Waals surface area contributed by atoms with Crippen molar-refractivity contribution in [2.75, 3.05) is 0 Å². The number of hydrogen-bond donors (Lipinski definition) is 0. The number of aryl methyl sites for hydroxylation is 2. The standard InChI is InChI=1S/C27H25.3ClH.Ti/c1-20-9-6-14-24(17-20)27(25-15-7-10-21(2)18-25)26-16-8-13-23(26)19-22-11-4-3-5-12-22;;;;/h3-18,27H,19H2,1-2H3;3*1H;/q-1;;;;+4/p-3. The molecule has 0 aliphatic rings. The average Bonchev–Trinajstić information content (AvgIpc) is 3.11. The van der Waals surface area contributed by atoms with Crippen LogP contribution in [0.5, 0.6) is 0 Å². The second-order valence-electron chi connectivity index (χ2n) is 7.43. The summed E-state index contributed by atoms with van der Waals surface area (Å²) in [6.45, 7) is 4.35. The first-order chi connectivity index (χ1) is 13.2. The second-order valence-corrected chi connectivity index (χ2v) is 7.43. The van der Waals surface area contributed by atoms with Gasteiger partial charge in [0.2, 0.25) is 0 Å². The molecule has 0 heterocycles. The first-order valence-corrected chi connectivity index (χ1v) is 9.62. The molecule has 158 valence electrons. The molecule has 0 N–H and O–H groups in total. The zero-order chi connectivity index (χ0) is 18.6. The maximum absolute atomic E-state index is 2.33. The molecule has 0 radical (unpaired) electrons. The molecule has 4 heteroatoms. The van der Waals surface area contributed by atoms with Crippen molar-refractivity contribution in [1.82, 2.24) is 0 Å². The van der Waals surface area contributed by atoms with Gasteiger partial charge >= 0.3 is 21.7 Å². The summed E-state index contributed by atoms with van der Waals surface area (Å²) in [4.78, 5) is 0. The molecular weight excluding hydrogens is 479 g/mol. The van der Waals surface area contributed by atoms with Crippen molar-refractivity contribution in [3.05, 3.63) is 136 Å². The van der Waals surface area contributed by atoms with Gasteiger partial charge in [-0.25, -0.2) is 12.1 Å². The van der Waals surface area contributed by atoms with Crippen molar-refractivity contribution in [2.45, 2.75) is 26.2 Å². The van der Waals surface area contributed by atoms with Crippen LogP contribution in [-0.2, 0) is 28.1 Å². The van der Waals surface area contributed by atoms with Crippen molar-refractivity contribution in [3.8, 4) is 0 Å². The summed E-state index contributed by atoms with van der Waals surface area (Å²) >= 11 is 0. The molecule has 0 fully saturated rings. The zero-order valence-corrected chi connectivity index (χ0v) is 21.5. The molecule has 4 aromatic carbocycles. The summed E-state index contributed by atoms with van der Waals surface area (Å²) in [5.41, 5.74) is 9.52. The normalized spacial score (nSPS) is 9.65. The van der Waals surface area contributed by atoms with Gasteiger partial charge in [-0.15, -0.1) is 5.56 Å². The first kappa shape index (κ1) is 29.6. The van der Waals surface area contributed by atoms with Crippen LogP contribution in [0.1, 0.15) is 44.9 Å². The van der Waals surface area contributed by atoms with Crippen LogP contribution in [0.4, 0.5) is 0 Å². The first-order valence-electron chi connectivity index (χ1n) is 9.62. The van der Waals surface area contributed by atoms with Gasteiger partial charge in [-0.2, -0.15) is 11.6 Å². The Morgan fingerprint density at radius 2 is 1.19 bits per heavy atom. The fourth-order valence-electron chi connectivity index (χ4n) is 3.98. The van der Waals surface area contributed by atoms with E-state index in [4.69, 9.17) is 0 Å². The monoisotopic (exact) mass is 502 g/mol. The van der Waals surface area contributed by atoms with E-state index in [0.717, 1.165) is 6.42 Å². The number of rotatable bonds is 5. The second kappa shape index (κ2) is 13.9. The van der Waals surface area contributed by atoms with Crippen molar-refractivity contribution in [3.63, 3.8) is 0 Å². The predicted octanol–water partition coefficient (Wildman–Crippen LogP) is -2.20. The van der Waals surface area contributed by atoms with Gasteiger partial charge in [0.05, 0.1) is 0 Å². The predicted molar refractivity (Wildman–Crippen MR) is 115 cm³/mol. The topological polar surface area (TPSA) is 0 Å². The van der Waals surface area contributed by atoms with Gasteiger partial charge in [-0.05, 0) is 42.9 Å². The van der Waals surface area contributed by atoms with Crippen LogP contribution >= 0.6 is 0 Å². The van der Waals surface area contributed by atoms with Gasteiger partial charge in [0.15, 0.2) is 0 Å². The minimum atomic E-state index is 0. The SMILES string of the molecule is Cc1cccc(C(c2cccc(C)c2)[c-]2cccc2Cc2ccccc2)c1.[Cl-].[Cl-].[Cl-].[Ti+4]. The van der Waals surface area contributed by atoms with E-state index in [1.165, 1.54) is 38.9 Å². The van der Waals surface area contributed by atoms with Crippen LogP contribution < -0.4 is 37.2 Å². The molecule has 0 unspecified atom stereocenters. The molecule has 0 bridgehead atoms. The number of hydrogen-bond acceptors (Lipinski definition) is 0. The van der Waals surface area contributed by atoms with E-state index >= 15 is 0 Å². The summed E-state index contributed by atoms with van der Waals surface area (Å²) in [6, 6.07) is 35.4. The number of benzene rings is 3. The van der Waals surface area contributed by atoms with Crippen molar-refractivity contribution < 1.29 is 58.9 Å². The molecule has 0 saturated heterocycles. The maximum Gasteiger partial charge on any atom is 4.00 e. The van der Waals surface area contributed by atoms with Gasteiger partial charge in [0.25, 0.3) is 0 Å². The Morgan fingerprint density at radius 3 is 1.71 bits per heavy atom. The Hall–Kier alpha value is -1.41. The fraction of sp³-hybridized carbons (Fsp3) is 0.148. The minimum absolute atomic E-state index is 0. The Balaban J connectivity index is 0.00000225. The van der Waals surface area contributed by atoms with E-state index in [2.05, 4.69) is 111 Å². The molecule has 0 atom stereocenters. The van der Waals surface area contributed by atoms with Crippen LogP contribution in [0.15, 0.2) is 97.1 Å². The summed E-state index contributed by atoms with van der Waals surface area (Å²) in [6.07, 6.45) is 0.970. The van der Waals surface area contributed by atoms with Crippen LogP contribution in [-0.4, -0.2) is 0 Å². The van der Waals surface area contributed by atoms with Crippen LogP contribution in [0, 0.1) is 13.8 Å². The smallest absolute Gasteiger partial charge is 1.00 e.